The number of alkyl halides is 16. The predicted molar refractivity (Wildman–Crippen MR) is 98.8 cm³/mol. The molecule has 1 aromatic rings. The third-order valence-electron chi connectivity index (χ3n) is 4.60. The van der Waals surface area contributed by atoms with Crippen molar-refractivity contribution >= 4 is 25.9 Å². The molecule has 0 heterocycles. The van der Waals surface area contributed by atoms with Gasteiger partial charge in [-0.05, 0) is 18.2 Å². The van der Waals surface area contributed by atoms with Gasteiger partial charge in [0.05, 0.1) is 0 Å². The van der Waals surface area contributed by atoms with Gasteiger partial charge in [-0.25, -0.2) is 17.6 Å². The van der Waals surface area contributed by atoms with Crippen LogP contribution in [-0.4, -0.2) is 78.4 Å². The second-order valence-corrected chi connectivity index (χ2v) is 10.7. The van der Waals surface area contributed by atoms with E-state index < -0.39 is 97.3 Å². The van der Waals surface area contributed by atoms with Gasteiger partial charge in [-0.3, -0.25) is 8.37 Å². The van der Waals surface area contributed by atoms with Gasteiger partial charge in [0.1, 0.15) is 23.0 Å². The van der Waals surface area contributed by atoms with Crippen molar-refractivity contribution in [1.29, 1.82) is 0 Å². The van der Waals surface area contributed by atoms with E-state index in [2.05, 4.69) is 8.37 Å². The van der Waals surface area contributed by atoms with Crippen LogP contribution in [-0.2, 0) is 28.6 Å². The van der Waals surface area contributed by atoms with E-state index in [4.69, 9.17) is 5.73 Å². The molecule has 7 nitrogen and oxygen atoms in total. The van der Waals surface area contributed by atoms with Gasteiger partial charge < -0.3 is 5.73 Å². The number of anilines is 1. The van der Waals surface area contributed by atoms with Crippen molar-refractivity contribution in [2.45, 2.75) is 58.2 Å². The fourth-order valence-corrected chi connectivity index (χ4v) is 4.91. The fraction of sp³-hybridized carbons (Fsp3) is 0.625. The first-order chi connectivity index (χ1) is 17.9. The van der Waals surface area contributed by atoms with Gasteiger partial charge >= 0.3 is 48.4 Å². The number of nitrogen functional groups attached to an aromatic ring is 1. The first kappa shape index (κ1) is 36.7. The Morgan fingerprint density at radius 3 is 1.24 bits per heavy atom. The molecule has 25 heteroatoms. The number of hydrogen-bond acceptors (Lipinski definition) is 7. The molecule has 0 atom stereocenters. The Hall–Kier alpha value is -2.28. The van der Waals surface area contributed by atoms with Crippen molar-refractivity contribution in [1.82, 2.24) is 0 Å². The zero-order chi connectivity index (χ0) is 32.8. The van der Waals surface area contributed by atoms with Crippen LogP contribution >= 0.6 is 0 Å². The molecular formula is C16H11F16NO6S2. The first-order valence-electron chi connectivity index (χ1n) is 9.44. The molecule has 0 saturated carbocycles. The lowest BCUT2D eigenvalue weighted by molar-refractivity contribution is -0.342. The summed E-state index contributed by atoms with van der Waals surface area (Å²) in [6, 6.07) is 0.134. The molecular weight excluding hydrogens is 670 g/mol. The molecule has 0 fully saturated rings. The average Bonchev–Trinajstić information content (AvgIpc) is 2.80. The minimum absolute atomic E-state index is 0.0807. The Bertz CT molecular complexity index is 1320. The molecule has 240 valence electrons. The summed E-state index contributed by atoms with van der Waals surface area (Å²) in [6.07, 6.45) is -10.9. The fourth-order valence-electron chi connectivity index (χ4n) is 2.30. The number of rotatable bonds is 14. The molecule has 0 radical (unpaired) electrons. The van der Waals surface area contributed by atoms with Crippen LogP contribution in [0.25, 0.3) is 0 Å². The van der Waals surface area contributed by atoms with Gasteiger partial charge in [0, 0.05) is 5.69 Å². The molecule has 2 N–H and O–H groups in total. The molecule has 41 heavy (non-hydrogen) atoms. The Balaban J connectivity index is 3.44. The normalized spacial score (nSPS) is 15.2. The summed E-state index contributed by atoms with van der Waals surface area (Å²) >= 11 is 0. The Labute approximate surface area is 217 Å². The maximum atomic E-state index is 13.6. The maximum Gasteiger partial charge on any atom is 0.380 e. The Morgan fingerprint density at radius 2 is 0.927 bits per heavy atom. The van der Waals surface area contributed by atoms with E-state index in [1.807, 2.05) is 0 Å². The minimum atomic E-state index is -7.02. The van der Waals surface area contributed by atoms with E-state index in [-0.39, 0.29) is 12.1 Å². The van der Waals surface area contributed by atoms with Gasteiger partial charge in [0.15, 0.2) is 0 Å². The smallest absolute Gasteiger partial charge is 0.380 e. The molecule has 0 spiro atoms. The first-order valence-corrected chi connectivity index (χ1v) is 12.3. The summed E-state index contributed by atoms with van der Waals surface area (Å²) in [7, 11) is -12.6. The van der Waals surface area contributed by atoms with Crippen molar-refractivity contribution < 1.29 is 95.4 Å². The third-order valence-corrected chi connectivity index (χ3v) is 7.36. The molecule has 0 aliphatic rings. The highest BCUT2D eigenvalue weighted by Gasteiger charge is 2.76. The minimum Gasteiger partial charge on any atom is -0.399 e. The molecule has 0 bridgehead atoms. The van der Waals surface area contributed by atoms with Crippen molar-refractivity contribution in [3.05, 3.63) is 18.2 Å². The number of hydrogen-bond donors (Lipinski definition) is 1. The van der Waals surface area contributed by atoms with E-state index in [1.165, 1.54) is 0 Å². The summed E-state index contributed by atoms with van der Waals surface area (Å²) in [4.78, 5) is -4.23. The molecule has 0 unspecified atom stereocenters. The van der Waals surface area contributed by atoms with Crippen LogP contribution in [0.4, 0.5) is 75.9 Å². The molecule has 0 aromatic heterocycles. The summed E-state index contributed by atoms with van der Waals surface area (Å²) in [5, 5.41) is 0. The number of benzene rings is 1. The molecule has 0 aliphatic carbocycles. The van der Waals surface area contributed by atoms with Crippen LogP contribution in [0, 0.1) is 0 Å². The molecule has 1 rings (SSSR count). The van der Waals surface area contributed by atoms with E-state index in [0.717, 1.165) is 0 Å². The van der Waals surface area contributed by atoms with Crippen molar-refractivity contribution in [2.75, 3.05) is 18.9 Å². The second kappa shape index (κ2) is 11.1. The van der Waals surface area contributed by atoms with Crippen LogP contribution in [0.2, 0.25) is 0 Å². The summed E-state index contributed by atoms with van der Waals surface area (Å²) in [5.74, 6) is -40.5. The lowest BCUT2D eigenvalue weighted by Crippen LogP contribution is -2.59. The van der Waals surface area contributed by atoms with Crippen molar-refractivity contribution in [3.8, 4) is 0 Å². The van der Waals surface area contributed by atoms with Gasteiger partial charge in [-0.15, -0.1) is 0 Å². The van der Waals surface area contributed by atoms with Crippen LogP contribution in [0.3, 0.4) is 0 Å². The SMILES string of the molecule is Nc1ccc(S(=O)(=O)OCC(F)(F)C(F)(F)C(F)(F)C(F)F)c(S(=O)(=O)OCC(F)(F)C(F)(F)C(F)(F)C(F)F)c1. The summed E-state index contributed by atoms with van der Waals surface area (Å²) in [5.41, 5.74) is 4.20. The number of halogens is 16. The van der Waals surface area contributed by atoms with Gasteiger partial charge in [-0.2, -0.15) is 69.5 Å². The third kappa shape index (κ3) is 6.71. The van der Waals surface area contributed by atoms with E-state index >= 15 is 0 Å². The average molecular weight is 681 g/mol. The van der Waals surface area contributed by atoms with Crippen molar-refractivity contribution in [2.24, 2.45) is 0 Å². The summed E-state index contributed by atoms with van der Waals surface area (Å²) < 4.78 is 264. The lowest BCUT2D eigenvalue weighted by Gasteiger charge is -2.32. The quantitative estimate of drug-likeness (QED) is 0.167. The van der Waals surface area contributed by atoms with Crippen LogP contribution in [0.1, 0.15) is 0 Å². The molecule has 1 aromatic carbocycles. The zero-order valence-corrected chi connectivity index (χ0v) is 20.3. The van der Waals surface area contributed by atoms with Gasteiger partial charge in [0.25, 0.3) is 20.2 Å². The van der Waals surface area contributed by atoms with E-state index in [9.17, 15) is 87.1 Å². The topological polar surface area (TPSA) is 113 Å². The number of nitrogens with two attached hydrogens (primary N) is 1. The van der Waals surface area contributed by atoms with E-state index in [0.29, 0.717) is 6.07 Å². The Kier molecular flexibility index (Phi) is 9.94. The Morgan fingerprint density at radius 1 is 0.610 bits per heavy atom. The molecule has 0 aliphatic heterocycles. The molecule has 0 saturated heterocycles. The largest absolute Gasteiger partial charge is 0.399 e. The van der Waals surface area contributed by atoms with Crippen LogP contribution < -0.4 is 5.73 Å². The van der Waals surface area contributed by atoms with Crippen LogP contribution in [0.15, 0.2) is 28.0 Å². The van der Waals surface area contributed by atoms with Gasteiger partial charge in [-0.1, -0.05) is 0 Å². The monoisotopic (exact) mass is 681 g/mol. The highest BCUT2D eigenvalue weighted by Crippen LogP contribution is 2.50. The lowest BCUT2D eigenvalue weighted by atomic mass is 10.1. The highest BCUT2D eigenvalue weighted by atomic mass is 32.2. The maximum absolute atomic E-state index is 13.6. The highest BCUT2D eigenvalue weighted by molar-refractivity contribution is 7.90. The standard InChI is InChI=1S/C16H11F16NO6S2/c17-9(18)13(25,26)15(29,30)11(21,22)4-38-40(34,35)7-2-1-6(33)3-8(7)41(36,37)39-5-12(23,24)16(31,32)14(27,28)10(19)20/h1-3,9-10H,4-5,33H2. The summed E-state index contributed by atoms with van der Waals surface area (Å²) in [6.45, 7) is -6.81. The zero-order valence-electron chi connectivity index (χ0n) is 18.7. The van der Waals surface area contributed by atoms with Gasteiger partial charge in [0.2, 0.25) is 0 Å². The van der Waals surface area contributed by atoms with Crippen LogP contribution in [0.5, 0.6) is 0 Å². The molecule has 0 amide bonds. The second-order valence-electron chi connectivity index (χ2n) is 7.54. The van der Waals surface area contributed by atoms with E-state index in [1.54, 1.807) is 0 Å². The predicted octanol–water partition coefficient (Wildman–Crippen LogP) is 5.02. The van der Waals surface area contributed by atoms with Crippen molar-refractivity contribution in [3.63, 3.8) is 0 Å².